The largest absolute Gasteiger partial charge is 0.379 e. The quantitative estimate of drug-likeness (QED) is 0.838. The third kappa shape index (κ3) is 5.83. The number of nitrogens with zero attached hydrogens (tertiary/aromatic N) is 2. The lowest BCUT2D eigenvalue weighted by Gasteiger charge is -2.27. The highest BCUT2D eigenvalue weighted by Gasteiger charge is 2.21. The fourth-order valence-corrected chi connectivity index (χ4v) is 2.55. The molecule has 6 heteroatoms. The number of aromatic nitrogens is 2. The Labute approximate surface area is 149 Å². The van der Waals surface area contributed by atoms with Gasteiger partial charge in [0.2, 0.25) is 0 Å². The number of anilines is 1. The van der Waals surface area contributed by atoms with Crippen molar-refractivity contribution in [1.82, 2.24) is 15.3 Å². The lowest BCUT2D eigenvalue weighted by atomic mass is 10.00. The normalized spacial score (nSPS) is 12.5. The van der Waals surface area contributed by atoms with Gasteiger partial charge in [-0.05, 0) is 64.4 Å². The van der Waals surface area contributed by atoms with Crippen molar-refractivity contribution in [1.29, 1.82) is 0 Å². The van der Waals surface area contributed by atoms with E-state index in [9.17, 15) is 4.79 Å². The van der Waals surface area contributed by atoms with E-state index in [-0.39, 0.29) is 17.7 Å². The first-order chi connectivity index (χ1) is 11.8. The third-order valence-electron chi connectivity index (χ3n) is 3.92. The molecule has 2 aromatic rings. The van der Waals surface area contributed by atoms with Gasteiger partial charge in [0.15, 0.2) is 5.82 Å². The summed E-state index contributed by atoms with van der Waals surface area (Å²) in [6, 6.07) is 9.07. The second-order valence-electron chi connectivity index (χ2n) is 6.77. The second-order valence-corrected chi connectivity index (χ2v) is 6.77. The van der Waals surface area contributed by atoms with Crippen LogP contribution in [0.15, 0.2) is 36.5 Å². The van der Waals surface area contributed by atoms with Gasteiger partial charge in [0.1, 0.15) is 0 Å². The zero-order valence-corrected chi connectivity index (χ0v) is 15.5. The van der Waals surface area contributed by atoms with Gasteiger partial charge in [-0.25, -0.2) is 14.8 Å². The van der Waals surface area contributed by atoms with Gasteiger partial charge in [-0.15, -0.1) is 0 Å². The summed E-state index contributed by atoms with van der Waals surface area (Å²) in [6.45, 7) is 7.88. The molecule has 1 atom stereocenters. The SMILES string of the molecule is COC(C)(C)CC(C)NC(=O)Nc1ccc(-c2nccc(C)n2)cc1. The Morgan fingerprint density at radius 1 is 1.24 bits per heavy atom. The van der Waals surface area contributed by atoms with Crippen LogP contribution < -0.4 is 10.6 Å². The van der Waals surface area contributed by atoms with E-state index in [1.54, 1.807) is 13.3 Å². The molecule has 0 saturated carbocycles. The summed E-state index contributed by atoms with van der Waals surface area (Å²) in [5, 5.41) is 5.75. The molecule has 134 valence electrons. The molecule has 6 nitrogen and oxygen atoms in total. The monoisotopic (exact) mass is 342 g/mol. The Kier molecular flexibility index (Phi) is 6.09. The van der Waals surface area contributed by atoms with Crippen molar-refractivity contribution in [2.24, 2.45) is 0 Å². The highest BCUT2D eigenvalue weighted by molar-refractivity contribution is 5.89. The number of hydrogen-bond acceptors (Lipinski definition) is 4. The lowest BCUT2D eigenvalue weighted by molar-refractivity contribution is 0.00963. The van der Waals surface area contributed by atoms with Crippen LogP contribution in [0.1, 0.15) is 32.9 Å². The molecule has 25 heavy (non-hydrogen) atoms. The summed E-state index contributed by atoms with van der Waals surface area (Å²) >= 11 is 0. The summed E-state index contributed by atoms with van der Waals surface area (Å²) in [5.41, 5.74) is 2.26. The predicted molar refractivity (Wildman–Crippen MR) is 99.5 cm³/mol. The zero-order valence-electron chi connectivity index (χ0n) is 15.5. The first-order valence-corrected chi connectivity index (χ1v) is 8.32. The number of urea groups is 1. The standard InChI is InChI=1S/C19H26N4O2/c1-13-10-11-20-17(21-13)15-6-8-16(9-7-15)23-18(24)22-14(2)12-19(3,4)25-5/h6-11,14H,12H2,1-5H3,(H2,22,23,24). The molecule has 0 spiro atoms. The van der Waals surface area contributed by atoms with E-state index in [0.29, 0.717) is 11.5 Å². The van der Waals surface area contributed by atoms with Crippen molar-refractivity contribution in [2.45, 2.75) is 45.8 Å². The van der Waals surface area contributed by atoms with Gasteiger partial charge >= 0.3 is 6.03 Å². The lowest BCUT2D eigenvalue weighted by Crippen LogP contribution is -2.40. The smallest absolute Gasteiger partial charge is 0.319 e. The van der Waals surface area contributed by atoms with E-state index in [1.807, 2.05) is 58.0 Å². The molecule has 0 saturated heterocycles. The van der Waals surface area contributed by atoms with Gasteiger partial charge in [-0.3, -0.25) is 0 Å². The summed E-state index contributed by atoms with van der Waals surface area (Å²) in [7, 11) is 1.67. The molecule has 0 bridgehead atoms. The maximum atomic E-state index is 12.1. The highest BCUT2D eigenvalue weighted by atomic mass is 16.5. The topological polar surface area (TPSA) is 76.1 Å². The number of carbonyl (C=O) groups is 1. The molecule has 0 fully saturated rings. The average molecular weight is 342 g/mol. The van der Waals surface area contributed by atoms with Crippen LogP contribution in [-0.4, -0.2) is 34.8 Å². The van der Waals surface area contributed by atoms with Gasteiger partial charge in [-0.2, -0.15) is 0 Å². The van der Waals surface area contributed by atoms with Crippen molar-refractivity contribution in [3.05, 3.63) is 42.2 Å². The van der Waals surface area contributed by atoms with Crippen molar-refractivity contribution in [3.8, 4) is 11.4 Å². The minimum atomic E-state index is -0.276. The summed E-state index contributed by atoms with van der Waals surface area (Å²) in [4.78, 5) is 20.8. The molecule has 1 unspecified atom stereocenters. The highest BCUT2D eigenvalue weighted by Crippen LogP contribution is 2.18. The molecule has 0 radical (unpaired) electrons. The second kappa shape index (κ2) is 8.07. The molecule has 1 heterocycles. The van der Waals surface area contributed by atoms with E-state index in [0.717, 1.165) is 17.7 Å². The molecule has 0 aliphatic heterocycles. The van der Waals surface area contributed by atoms with E-state index >= 15 is 0 Å². The molecular weight excluding hydrogens is 316 g/mol. The number of ether oxygens (including phenoxy) is 1. The predicted octanol–water partition coefficient (Wildman–Crippen LogP) is 3.78. The number of benzene rings is 1. The number of rotatable bonds is 6. The first kappa shape index (κ1) is 18.9. The summed E-state index contributed by atoms with van der Waals surface area (Å²) in [5.74, 6) is 0.673. The number of amides is 2. The molecule has 1 aromatic heterocycles. The Morgan fingerprint density at radius 3 is 2.52 bits per heavy atom. The minimum Gasteiger partial charge on any atom is -0.379 e. The third-order valence-corrected chi connectivity index (χ3v) is 3.92. The number of aryl methyl sites for hydroxylation is 1. The van der Waals surface area contributed by atoms with E-state index in [1.165, 1.54) is 0 Å². The van der Waals surface area contributed by atoms with Crippen LogP contribution in [0.5, 0.6) is 0 Å². The Bertz CT molecular complexity index is 714. The van der Waals surface area contributed by atoms with E-state index < -0.39 is 0 Å². The fourth-order valence-electron chi connectivity index (χ4n) is 2.55. The maximum absolute atomic E-state index is 12.1. The number of methoxy groups -OCH3 is 1. The summed E-state index contributed by atoms with van der Waals surface area (Å²) in [6.07, 6.45) is 2.46. The van der Waals surface area contributed by atoms with Crippen LogP contribution in [0, 0.1) is 6.92 Å². The molecule has 2 amide bonds. The van der Waals surface area contributed by atoms with Crippen molar-refractivity contribution < 1.29 is 9.53 Å². The van der Waals surface area contributed by atoms with E-state index in [4.69, 9.17) is 4.74 Å². The van der Waals surface area contributed by atoms with Crippen LogP contribution in [-0.2, 0) is 4.74 Å². The molecule has 2 rings (SSSR count). The van der Waals surface area contributed by atoms with Gasteiger partial charge < -0.3 is 15.4 Å². The van der Waals surface area contributed by atoms with Gasteiger partial charge in [-0.1, -0.05) is 0 Å². The Morgan fingerprint density at radius 2 is 1.92 bits per heavy atom. The maximum Gasteiger partial charge on any atom is 0.319 e. The van der Waals surface area contributed by atoms with Gasteiger partial charge in [0.05, 0.1) is 5.60 Å². The number of hydrogen-bond donors (Lipinski definition) is 2. The molecule has 2 N–H and O–H groups in total. The zero-order chi connectivity index (χ0) is 18.4. The van der Waals surface area contributed by atoms with Crippen LogP contribution in [0.25, 0.3) is 11.4 Å². The van der Waals surface area contributed by atoms with Crippen LogP contribution in [0.4, 0.5) is 10.5 Å². The first-order valence-electron chi connectivity index (χ1n) is 8.32. The Balaban J connectivity index is 1.93. The molecule has 0 aliphatic rings. The minimum absolute atomic E-state index is 0.00471. The van der Waals surface area contributed by atoms with Crippen LogP contribution in [0.2, 0.25) is 0 Å². The van der Waals surface area contributed by atoms with Crippen LogP contribution >= 0.6 is 0 Å². The fraction of sp³-hybridized carbons (Fsp3) is 0.421. The van der Waals surface area contributed by atoms with E-state index in [2.05, 4.69) is 20.6 Å². The van der Waals surface area contributed by atoms with Crippen LogP contribution in [0.3, 0.4) is 0 Å². The van der Waals surface area contributed by atoms with Gasteiger partial charge in [0, 0.05) is 36.3 Å². The Hall–Kier alpha value is -2.47. The summed E-state index contributed by atoms with van der Waals surface area (Å²) < 4.78 is 5.39. The molecule has 0 aliphatic carbocycles. The van der Waals surface area contributed by atoms with Crippen molar-refractivity contribution in [2.75, 3.05) is 12.4 Å². The molecule has 1 aromatic carbocycles. The number of nitrogens with one attached hydrogen (secondary N) is 2. The molecular formula is C19H26N4O2. The van der Waals surface area contributed by atoms with Gasteiger partial charge in [0.25, 0.3) is 0 Å². The number of carbonyl (C=O) groups excluding carboxylic acids is 1. The van der Waals surface area contributed by atoms with Crippen molar-refractivity contribution in [3.63, 3.8) is 0 Å². The van der Waals surface area contributed by atoms with Crippen molar-refractivity contribution >= 4 is 11.7 Å². The average Bonchev–Trinajstić information content (AvgIpc) is 2.54.